The third kappa shape index (κ3) is 4.43. The summed E-state index contributed by atoms with van der Waals surface area (Å²) in [7, 11) is 0. The molecule has 22 heavy (non-hydrogen) atoms. The van der Waals surface area contributed by atoms with Gasteiger partial charge in [0.05, 0.1) is 23.9 Å². The summed E-state index contributed by atoms with van der Waals surface area (Å²) in [4.78, 5) is 16.7. The molecule has 0 radical (unpaired) electrons. The van der Waals surface area contributed by atoms with Gasteiger partial charge in [0.1, 0.15) is 5.01 Å². The Morgan fingerprint density at radius 2 is 2.09 bits per heavy atom. The molecule has 0 spiro atoms. The predicted octanol–water partition coefficient (Wildman–Crippen LogP) is 3.10. The van der Waals surface area contributed by atoms with Gasteiger partial charge in [-0.1, -0.05) is 33.6 Å². The molecule has 0 bridgehead atoms. The number of carbonyl (C=O) groups excluding carboxylic acids is 1. The van der Waals surface area contributed by atoms with Crippen molar-refractivity contribution in [3.05, 3.63) is 16.1 Å². The zero-order valence-corrected chi connectivity index (χ0v) is 14.7. The summed E-state index contributed by atoms with van der Waals surface area (Å²) in [5, 5.41) is 18.7. The first kappa shape index (κ1) is 17.2. The predicted molar refractivity (Wildman–Crippen MR) is 89.2 cm³/mol. The summed E-state index contributed by atoms with van der Waals surface area (Å²) < 4.78 is 0. The van der Waals surface area contributed by atoms with Gasteiger partial charge in [-0.3, -0.25) is 0 Å². The first-order valence-electron chi connectivity index (χ1n) is 7.98. The number of carbonyl (C=O) groups is 1. The first-order valence-corrected chi connectivity index (χ1v) is 8.86. The second kappa shape index (κ2) is 6.96. The fourth-order valence-corrected chi connectivity index (χ4v) is 3.63. The molecule has 0 aliphatic heterocycles. The Labute approximate surface area is 136 Å². The van der Waals surface area contributed by atoms with E-state index in [0.29, 0.717) is 0 Å². The van der Waals surface area contributed by atoms with E-state index < -0.39 is 6.10 Å². The van der Waals surface area contributed by atoms with Crippen LogP contribution in [-0.2, 0) is 5.41 Å². The van der Waals surface area contributed by atoms with Crippen LogP contribution in [0.5, 0.6) is 0 Å². The quantitative estimate of drug-likeness (QED) is 0.799. The van der Waals surface area contributed by atoms with Crippen LogP contribution in [0.1, 0.15) is 70.1 Å². The number of aliphatic hydroxyl groups excluding tert-OH is 1. The monoisotopic (exact) mass is 325 g/mol. The Morgan fingerprint density at radius 3 is 2.68 bits per heavy atom. The van der Waals surface area contributed by atoms with Crippen LogP contribution in [0.3, 0.4) is 0 Å². The normalized spacial score (nSPS) is 23.9. The summed E-state index contributed by atoms with van der Waals surface area (Å²) in [6.45, 7) is 8.31. The molecule has 3 N–H and O–H groups in total. The van der Waals surface area contributed by atoms with Crippen molar-refractivity contribution in [2.75, 3.05) is 0 Å². The highest BCUT2D eigenvalue weighted by Gasteiger charge is 2.25. The molecule has 1 aromatic rings. The second-order valence-electron chi connectivity index (χ2n) is 7.12. The molecular formula is C16H27N3O2S. The molecule has 3 unspecified atom stereocenters. The molecule has 1 saturated carbocycles. The largest absolute Gasteiger partial charge is 0.391 e. The Balaban J connectivity index is 1.89. The minimum absolute atomic E-state index is 0.0168. The van der Waals surface area contributed by atoms with Gasteiger partial charge in [-0.25, -0.2) is 9.78 Å². The zero-order valence-electron chi connectivity index (χ0n) is 13.8. The van der Waals surface area contributed by atoms with Gasteiger partial charge in [-0.2, -0.15) is 0 Å². The molecular weight excluding hydrogens is 298 g/mol. The lowest BCUT2D eigenvalue weighted by molar-refractivity contribution is 0.0941. The maximum Gasteiger partial charge on any atom is 0.315 e. The van der Waals surface area contributed by atoms with Crippen molar-refractivity contribution in [1.82, 2.24) is 15.6 Å². The van der Waals surface area contributed by atoms with Gasteiger partial charge >= 0.3 is 6.03 Å². The molecule has 1 heterocycles. The number of nitrogens with one attached hydrogen (secondary N) is 2. The molecule has 124 valence electrons. The molecule has 1 fully saturated rings. The number of thiazole rings is 1. The number of urea groups is 1. The van der Waals surface area contributed by atoms with Gasteiger partial charge < -0.3 is 15.7 Å². The van der Waals surface area contributed by atoms with Crippen LogP contribution in [0.4, 0.5) is 4.79 Å². The average molecular weight is 325 g/mol. The maximum absolute atomic E-state index is 12.1. The van der Waals surface area contributed by atoms with E-state index in [2.05, 4.69) is 41.8 Å². The summed E-state index contributed by atoms with van der Waals surface area (Å²) in [5.74, 6) is 0. The molecule has 1 aliphatic rings. The van der Waals surface area contributed by atoms with E-state index in [1.807, 2.05) is 6.92 Å². The van der Waals surface area contributed by atoms with Gasteiger partial charge in [0.15, 0.2) is 0 Å². The molecule has 6 heteroatoms. The van der Waals surface area contributed by atoms with Crippen LogP contribution < -0.4 is 10.6 Å². The highest BCUT2D eigenvalue weighted by Crippen LogP contribution is 2.26. The van der Waals surface area contributed by atoms with Gasteiger partial charge in [0.2, 0.25) is 0 Å². The second-order valence-corrected chi connectivity index (χ2v) is 8.01. The molecule has 3 atom stereocenters. The molecule has 2 amide bonds. The number of aromatic nitrogens is 1. The number of amides is 2. The summed E-state index contributed by atoms with van der Waals surface area (Å²) in [5.41, 5.74) is 1.06. The van der Waals surface area contributed by atoms with Crippen LogP contribution in [0.15, 0.2) is 5.38 Å². The highest BCUT2D eigenvalue weighted by atomic mass is 32.1. The lowest BCUT2D eigenvalue weighted by Gasteiger charge is -2.28. The number of hydrogen-bond donors (Lipinski definition) is 3. The maximum atomic E-state index is 12.1. The van der Waals surface area contributed by atoms with Crippen LogP contribution in [0, 0.1) is 0 Å². The first-order chi connectivity index (χ1) is 10.3. The minimum Gasteiger partial charge on any atom is -0.391 e. The lowest BCUT2D eigenvalue weighted by atomic mass is 9.93. The van der Waals surface area contributed by atoms with E-state index in [1.165, 1.54) is 0 Å². The summed E-state index contributed by atoms with van der Waals surface area (Å²) >= 11 is 1.57. The number of aliphatic hydroxyl groups is 1. The van der Waals surface area contributed by atoms with Crippen molar-refractivity contribution in [2.45, 2.75) is 77.0 Å². The van der Waals surface area contributed by atoms with Gasteiger partial charge in [-0.15, -0.1) is 11.3 Å². The van der Waals surface area contributed by atoms with E-state index >= 15 is 0 Å². The van der Waals surface area contributed by atoms with Crippen LogP contribution in [0.2, 0.25) is 0 Å². The standard InChI is InChI=1S/C16H27N3O2S/c1-10(14-19-13(9-22-14)16(2,3)4)17-15(21)18-11-7-5-6-8-12(11)20/h9-12,20H,5-8H2,1-4H3,(H2,17,18,21). The SMILES string of the molecule is CC(NC(=O)NC1CCCCC1O)c1nc(C(C)(C)C)cs1. The summed E-state index contributed by atoms with van der Waals surface area (Å²) in [6.07, 6.45) is 3.27. The number of rotatable bonds is 3. The van der Waals surface area contributed by atoms with E-state index in [4.69, 9.17) is 0 Å². The minimum atomic E-state index is -0.429. The molecule has 1 aromatic heterocycles. The third-order valence-corrected chi connectivity index (χ3v) is 5.08. The van der Waals surface area contributed by atoms with Crippen molar-refractivity contribution < 1.29 is 9.90 Å². The third-order valence-electron chi connectivity index (χ3n) is 4.05. The van der Waals surface area contributed by atoms with Crippen molar-refractivity contribution in [3.8, 4) is 0 Å². The Kier molecular flexibility index (Phi) is 5.45. The molecule has 1 aliphatic carbocycles. The van der Waals surface area contributed by atoms with Gasteiger partial charge in [0.25, 0.3) is 0 Å². The van der Waals surface area contributed by atoms with Crippen LogP contribution >= 0.6 is 11.3 Å². The Bertz CT molecular complexity index is 510. The Morgan fingerprint density at radius 1 is 1.41 bits per heavy atom. The van der Waals surface area contributed by atoms with Crippen molar-refractivity contribution in [3.63, 3.8) is 0 Å². The van der Waals surface area contributed by atoms with Crippen molar-refractivity contribution in [1.29, 1.82) is 0 Å². The lowest BCUT2D eigenvalue weighted by Crippen LogP contribution is -2.49. The molecule has 0 aromatic carbocycles. The topological polar surface area (TPSA) is 74.2 Å². The van der Waals surface area contributed by atoms with Gasteiger partial charge in [-0.05, 0) is 19.8 Å². The van der Waals surface area contributed by atoms with Crippen molar-refractivity contribution in [2.24, 2.45) is 0 Å². The van der Waals surface area contributed by atoms with E-state index in [0.717, 1.165) is 36.4 Å². The number of hydrogen-bond acceptors (Lipinski definition) is 4. The van der Waals surface area contributed by atoms with E-state index in [9.17, 15) is 9.90 Å². The zero-order chi connectivity index (χ0) is 16.3. The van der Waals surface area contributed by atoms with Crippen LogP contribution in [-0.4, -0.2) is 28.3 Å². The van der Waals surface area contributed by atoms with E-state index in [-0.39, 0.29) is 23.5 Å². The highest BCUT2D eigenvalue weighted by molar-refractivity contribution is 7.09. The smallest absolute Gasteiger partial charge is 0.315 e. The average Bonchev–Trinajstić information content (AvgIpc) is 2.91. The summed E-state index contributed by atoms with van der Waals surface area (Å²) in [6, 6.07) is -0.504. The Hall–Kier alpha value is -1.14. The van der Waals surface area contributed by atoms with Crippen molar-refractivity contribution >= 4 is 17.4 Å². The molecule has 0 saturated heterocycles. The fourth-order valence-electron chi connectivity index (χ4n) is 2.58. The van der Waals surface area contributed by atoms with Gasteiger partial charge in [0, 0.05) is 10.8 Å². The molecule has 5 nitrogen and oxygen atoms in total. The number of nitrogens with zero attached hydrogens (tertiary/aromatic N) is 1. The molecule has 2 rings (SSSR count). The van der Waals surface area contributed by atoms with Crippen LogP contribution in [0.25, 0.3) is 0 Å². The van der Waals surface area contributed by atoms with E-state index in [1.54, 1.807) is 11.3 Å². The fraction of sp³-hybridized carbons (Fsp3) is 0.750.